The second-order valence-electron chi connectivity index (χ2n) is 7.97. The number of amides is 1. The Hall–Kier alpha value is -2.80. The Bertz CT molecular complexity index is 1120. The molecule has 1 aliphatic carbocycles. The average Bonchev–Trinajstić information content (AvgIpc) is 3.35. The molecule has 1 aliphatic heterocycles. The summed E-state index contributed by atoms with van der Waals surface area (Å²) in [4.78, 5) is 31.7. The standard InChI is InChI=1S/C22H22ClN3O4/c1-2-29-21(28)22(8-3-9-22)19-18-14(15-12-13(23)4-5-16(15)25-18)7-11-26(19)20(27)17-6-10-24-30-17/h4-6,10,12,19,25H,2-3,7-9,11H2,1H3. The highest BCUT2D eigenvalue weighted by Gasteiger charge is 2.57. The van der Waals surface area contributed by atoms with E-state index < -0.39 is 11.5 Å². The van der Waals surface area contributed by atoms with Crippen LogP contribution in [0.2, 0.25) is 5.02 Å². The minimum absolute atomic E-state index is 0.168. The van der Waals surface area contributed by atoms with Crippen LogP contribution in [-0.2, 0) is 16.0 Å². The lowest BCUT2D eigenvalue weighted by atomic mass is 9.61. The number of esters is 1. The number of aromatic nitrogens is 2. The number of H-pyrrole nitrogens is 1. The maximum Gasteiger partial charge on any atom is 0.314 e. The van der Waals surface area contributed by atoms with E-state index in [0.29, 0.717) is 37.4 Å². The first-order valence-corrected chi connectivity index (χ1v) is 10.6. The quantitative estimate of drug-likeness (QED) is 0.627. The van der Waals surface area contributed by atoms with Crippen molar-refractivity contribution >= 4 is 34.4 Å². The summed E-state index contributed by atoms with van der Waals surface area (Å²) in [5, 5.41) is 5.37. The number of nitrogens with one attached hydrogen (secondary N) is 1. The van der Waals surface area contributed by atoms with Crippen LogP contribution in [0.4, 0.5) is 0 Å². The number of hydrogen-bond acceptors (Lipinski definition) is 5. The highest BCUT2D eigenvalue weighted by Crippen LogP contribution is 2.56. The average molecular weight is 428 g/mol. The van der Waals surface area contributed by atoms with Crippen LogP contribution >= 0.6 is 11.6 Å². The molecule has 0 radical (unpaired) electrons. The maximum absolute atomic E-state index is 13.3. The molecule has 1 fully saturated rings. The molecular weight excluding hydrogens is 406 g/mol. The summed E-state index contributed by atoms with van der Waals surface area (Å²) in [6.07, 6.45) is 4.37. The highest BCUT2D eigenvalue weighted by molar-refractivity contribution is 6.31. The normalized spacial score (nSPS) is 19.9. The lowest BCUT2D eigenvalue weighted by Gasteiger charge is -2.50. The molecule has 5 rings (SSSR count). The van der Waals surface area contributed by atoms with Gasteiger partial charge in [-0.05, 0) is 49.9 Å². The van der Waals surface area contributed by atoms with Crippen LogP contribution in [0.3, 0.4) is 0 Å². The van der Waals surface area contributed by atoms with E-state index in [-0.39, 0.29) is 17.6 Å². The Labute approximate surface area is 178 Å². The van der Waals surface area contributed by atoms with Crippen LogP contribution in [0, 0.1) is 5.41 Å². The molecule has 1 aromatic carbocycles. The maximum atomic E-state index is 13.3. The van der Waals surface area contributed by atoms with Crippen LogP contribution in [0.5, 0.6) is 0 Å². The third kappa shape index (κ3) is 2.75. The largest absolute Gasteiger partial charge is 0.465 e. The molecule has 3 aromatic rings. The van der Waals surface area contributed by atoms with E-state index in [1.807, 2.05) is 18.2 Å². The number of halogens is 1. The van der Waals surface area contributed by atoms with Crippen molar-refractivity contribution in [3.63, 3.8) is 0 Å². The topological polar surface area (TPSA) is 88.4 Å². The number of carbonyl (C=O) groups excluding carboxylic acids is 2. The number of hydrogen-bond donors (Lipinski definition) is 1. The Balaban J connectivity index is 1.68. The fraction of sp³-hybridized carbons (Fsp3) is 0.409. The van der Waals surface area contributed by atoms with Crippen LogP contribution in [-0.4, -0.2) is 40.1 Å². The molecule has 1 N–H and O–H groups in total. The Morgan fingerprint density at radius 2 is 2.20 bits per heavy atom. The SMILES string of the molecule is CCOC(=O)C1(C2c3[nH]c4ccc(Cl)cc4c3CCN2C(=O)c2ccno2)CCC1. The van der Waals surface area contributed by atoms with E-state index in [4.69, 9.17) is 20.9 Å². The molecule has 30 heavy (non-hydrogen) atoms. The molecule has 156 valence electrons. The van der Waals surface area contributed by atoms with E-state index in [9.17, 15) is 9.59 Å². The zero-order chi connectivity index (χ0) is 20.9. The van der Waals surface area contributed by atoms with Crippen molar-refractivity contribution in [3.05, 3.63) is 52.5 Å². The Morgan fingerprint density at radius 1 is 1.37 bits per heavy atom. The van der Waals surface area contributed by atoms with Crippen molar-refractivity contribution in [1.82, 2.24) is 15.0 Å². The first kappa shape index (κ1) is 19.2. The molecule has 0 bridgehead atoms. The van der Waals surface area contributed by atoms with Crippen molar-refractivity contribution in [2.45, 2.75) is 38.6 Å². The second kappa shape index (κ2) is 7.16. The van der Waals surface area contributed by atoms with Gasteiger partial charge in [0, 0.05) is 34.2 Å². The predicted molar refractivity (Wildman–Crippen MR) is 110 cm³/mol. The molecule has 7 nitrogen and oxygen atoms in total. The van der Waals surface area contributed by atoms with Gasteiger partial charge in [0.15, 0.2) is 0 Å². The van der Waals surface area contributed by atoms with E-state index in [0.717, 1.165) is 28.6 Å². The zero-order valence-corrected chi connectivity index (χ0v) is 17.4. The molecule has 0 spiro atoms. The van der Waals surface area contributed by atoms with Crippen molar-refractivity contribution in [2.24, 2.45) is 5.41 Å². The summed E-state index contributed by atoms with van der Waals surface area (Å²) < 4.78 is 10.6. The van der Waals surface area contributed by atoms with Gasteiger partial charge < -0.3 is 19.1 Å². The van der Waals surface area contributed by atoms with E-state index in [1.165, 1.54) is 6.20 Å². The van der Waals surface area contributed by atoms with Gasteiger partial charge in [-0.2, -0.15) is 0 Å². The van der Waals surface area contributed by atoms with Gasteiger partial charge >= 0.3 is 5.97 Å². The van der Waals surface area contributed by atoms with Crippen molar-refractivity contribution < 1.29 is 18.8 Å². The van der Waals surface area contributed by atoms with Gasteiger partial charge in [-0.25, -0.2) is 0 Å². The first-order valence-electron chi connectivity index (χ1n) is 10.2. The number of nitrogens with zero attached hydrogens (tertiary/aromatic N) is 2. The van der Waals surface area contributed by atoms with E-state index >= 15 is 0 Å². The minimum atomic E-state index is -0.772. The molecule has 8 heteroatoms. The van der Waals surface area contributed by atoms with Gasteiger partial charge in [-0.15, -0.1) is 0 Å². The number of aromatic amines is 1. The van der Waals surface area contributed by atoms with Gasteiger partial charge in [0.2, 0.25) is 5.76 Å². The van der Waals surface area contributed by atoms with Gasteiger partial charge in [0.1, 0.15) is 0 Å². The third-order valence-electron chi connectivity index (χ3n) is 6.45. The summed E-state index contributed by atoms with van der Waals surface area (Å²) >= 11 is 6.25. The zero-order valence-electron chi connectivity index (χ0n) is 16.6. The lowest BCUT2D eigenvalue weighted by molar-refractivity contribution is -0.168. The summed E-state index contributed by atoms with van der Waals surface area (Å²) in [5.41, 5.74) is 2.17. The molecule has 3 heterocycles. The summed E-state index contributed by atoms with van der Waals surface area (Å²) in [6, 6.07) is 6.81. The highest BCUT2D eigenvalue weighted by atomic mass is 35.5. The summed E-state index contributed by atoms with van der Waals surface area (Å²) in [5.74, 6) is -0.350. The first-order chi connectivity index (χ1) is 14.5. The van der Waals surface area contributed by atoms with Crippen LogP contribution in [0.25, 0.3) is 10.9 Å². The van der Waals surface area contributed by atoms with Gasteiger partial charge in [0.05, 0.1) is 24.3 Å². The molecular formula is C22H22ClN3O4. The van der Waals surface area contributed by atoms with Crippen LogP contribution in [0.1, 0.15) is 54.0 Å². The fourth-order valence-corrected chi connectivity index (χ4v) is 5.12. The van der Waals surface area contributed by atoms with Gasteiger partial charge in [-0.3, -0.25) is 9.59 Å². The summed E-state index contributed by atoms with van der Waals surface area (Å²) in [7, 11) is 0. The molecule has 2 aromatic heterocycles. The number of rotatable bonds is 4. The molecule has 1 saturated carbocycles. The lowest BCUT2D eigenvalue weighted by Crippen LogP contribution is -2.54. The minimum Gasteiger partial charge on any atom is -0.465 e. The third-order valence-corrected chi connectivity index (χ3v) is 6.68. The molecule has 1 atom stereocenters. The van der Waals surface area contributed by atoms with Gasteiger partial charge in [0.25, 0.3) is 5.91 Å². The van der Waals surface area contributed by atoms with Crippen molar-refractivity contribution in [2.75, 3.05) is 13.2 Å². The predicted octanol–water partition coefficient (Wildman–Crippen LogP) is 4.28. The molecule has 2 aliphatic rings. The Kier molecular flexibility index (Phi) is 4.58. The number of ether oxygens (including phenoxy) is 1. The number of carbonyl (C=O) groups is 2. The summed E-state index contributed by atoms with van der Waals surface area (Å²) in [6.45, 7) is 2.58. The van der Waals surface area contributed by atoms with Crippen LogP contribution in [0.15, 0.2) is 35.0 Å². The Morgan fingerprint density at radius 3 is 2.87 bits per heavy atom. The molecule has 0 saturated heterocycles. The van der Waals surface area contributed by atoms with Crippen molar-refractivity contribution in [3.8, 4) is 0 Å². The monoisotopic (exact) mass is 427 g/mol. The van der Waals surface area contributed by atoms with E-state index in [2.05, 4.69) is 10.1 Å². The smallest absolute Gasteiger partial charge is 0.314 e. The van der Waals surface area contributed by atoms with E-state index in [1.54, 1.807) is 17.9 Å². The number of fused-ring (bicyclic) bond motifs is 3. The molecule has 1 amide bonds. The second-order valence-corrected chi connectivity index (χ2v) is 8.40. The fourth-order valence-electron chi connectivity index (χ4n) is 4.94. The number of benzene rings is 1. The molecule has 1 unspecified atom stereocenters. The van der Waals surface area contributed by atoms with Crippen LogP contribution < -0.4 is 0 Å². The van der Waals surface area contributed by atoms with Gasteiger partial charge in [-0.1, -0.05) is 23.2 Å². The van der Waals surface area contributed by atoms with Crippen molar-refractivity contribution in [1.29, 1.82) is 0 Å².